The van der Waals surface area contributed by atoms with Crippen LogP contribution in [0.25, 0.3) is 11.1 Å². The van der Waals surface area contributed by atoms with E-state index in [9.17, 15) is 19.1 Å². The van der Waals surface area contributed by atoms with E-state index < -0.39 is 11.7 Å². The summed E-state index contributed by atoms with van der Waals surface area (Å²) in [5.41, 5.74) is 2.76. The van der Waals surface area contributed by atoms with Crippen molar-refractivity contribution in [3.05, 3.63) is 87.8 Å². The fraction of sp³-hybridized carbons (Fsp3) is 0.353. The Labute approximate surface area is 270 Å². The lowest BCUT2D eigenvalue weighted by Crippen LogP contribution is -2.44. The number of ether oxygens (including phenoxy) is 2. The van der Waals surface area contributed by atoms with Crippen LogP contribution < -0.4 is 15.4 Å². The minimum absolute atomic E-state index is 0.00919. The van der Waals surface area contributed by atoms with Gasteiger partial charge in [-0.15, -0.1) is 11.3 Å². The van der Waals surface area contributed by atoms with Crippen LogP contribution in [0, 0.1) is 12.7 Å². The van der Waals surface area contributed by atoms with Crippen LogP contribution in [0.4, 0.5) is 4.39 Å². The molecule has 0 atom stereocenters. The number of nitrogens with zero attached hydrogens (tertiary/aromatic N) is 3. The first-order chi connectivity index (χ1) is 22.3. The summed E-state index contributed by atoms with van der Waals surface area (Å²) < 4.78 is 25.7. The van der Waals surface area contributed by atoms with Crippen LogP contribution in [0.1, 0.15) is 57.1 Å². The molecule has 3 N–H and O–H groups in total. The largest absolute Gasteiger partial charge is 0.507 e. The lowest BCUT2D eigenvalue weighted by atomic mass is 9.91. The molecule has 46 heavy (non-hydrogen) atoms. The van der Waals surface area contributed by atoms with Gasteiger partial charge in [-0.25, -0.2) is 14.4 Å². The van der Waals surface area contributed by atoms with Crippen molar-refractivity contribution in [2.45, 2.75) is 51.2 Å². The number of benzene rings is 2. The number of hydrogen-bond donors (Lipinski definition) is 3. The van der Waals surface area contributed by atoms with Gasteiger partial charge >= 0.3 is 0 Å². The van der Waals surface area contributed by atoms with E-state index in [-0.39, 0.29) is 35.2 Å². The maximum Gasteiger partial charge on any atom is 0.270 e. The standard InChI is InChI=1S/C34H36FN5O5S/c1-21-37-30(20-46-21)33(43)39-26-8-6-25(7-9-26)38-32(42)29-17-24(35)18-36-34(29)45-27-4-2-3-23(16-27)28-10-5-22(15-31(28)41)19-40-11-13-44-14-12-40/h2-5,10,15-18,20,25-26,41H,6-9,11-14,19H2,1H3,(H,38,42)(H,39,43)/t25-,26+. The molecule has 1 saturated carbocycles. The molecule has 3 heterocycles. The van der Waals surface area contributed by atoms with Gasteiger partial charge in [-0.2, -0.15) is 0 Å². The fourth-order valence-electron chi connectivity index (χ4n) is 5.82. The molecular weight excluding hydrogens is 609 g/mol. The predicted molar refractivity (Wildman–Crippen MR) is 172 cm³/mol. The first kappa shape index (κ1) is 31.6. The first-order valence-electron chi connectivity index (χ1n) is 15.4. The summed E-state index contributed by atoms with van der Waals surface area (Å²) in [5.74, 6) is -0.830. The number of hydrogen-bond acceptors (Lipinski definition) is 9. The molecule has 2 aliphatic rings. The van der Waals surface area contributed by atoms with Crippen molar-refractivity contribution in [2.75, 3.05) is 26.3 Å². The summed E-state index contributed by atoms with van der Waals surface area (Å²) in [4.78, 5) is 36.4. The Balaban J connectivity index is 1.08. The van der Waals surface area contributed by atoms with Crippen molar-refractivity contribution in [3.8, 4) is 28.5 Å². The summed E-state index contributed by atoms with van der Waals surface area (Å²) in [6, 6.07) is 13.7. The van der Waals surface area contributed by atoms with Gasteiger partial charge in [0.1, 0.15) is 28.6 Å². The number of thiazole rings is 1. The Morgan fingerprint density at radius 2 is 1.78 bits per heavy atom. The quantitative estimate of drug-likeness (QED) is 0.219. The van der Waals surface area contributed by atoms with Crippen LogP contribution in [0.15, 0.2) is 60.1 Å². The number of carbonyl (C=O) groups excluding carboxylic acids is 2. The second-order valence-corrected chi connectivity index (χ2v) is 12.7. The highest BCUT2D eigenvalue weighted by atomic mass is 32.1. The van der Waals surface area contributed by atoms with Crippen molar-refractivity contribution in [1.82, 2.24) is 25.5 Å². The van der Waals surface area contributed by atoms with Crippen LogP contribution in [0.3, 0.4) is 0 Å². The zero-order chi connectivity index (χ0) is 32.0. The molecule has 12 heteroatoms. The molecule has 0 unspecified atom stereocenters. The minimum Gasteiger partial charge on any atom is -0.507 e. The van der Waals surface area contributed by atoms with E-state index in [0.717, 1.165) is 48.0 Å². The van der Waals surface area contributed by atoms with E-state index in [1.54, 1.807) is 29.6 Å². The molecule has 6 rings (SSSR count). The molecule has 240 valence electrons. The van der Waals surface area contributed by atoms with Gasteiger partial charge < -0.3 is 25.2 Å². The van der Waals surface area contributed by atoms with Gasteiger partial charge in [0.15, 0.2) is 0 Å². The van der Waals surface area contributed by atoms with Gasteiger partial charge in [0, 0.05) is 42.7 Å². The molecule has 10 nitrogen and oxygen atoms in total. The van der Waals surface area contributed by atoms with Crippen molar-refractivity contribution < 1.29 is 28.6 Å². The lowest BCUT2D eigenvalue weighted by molar-refractivity contribution is 0.0342. The fourth-order valence-corrected chi connectivity index (χ4v) is 6.41. The third-order valence-corrected chi connectivity index (χ3v) is 9.02. The Kier molecular flexibility index (Phi) is 9.86. The van der Waals surface area contributed by atoms with Crippen LogP contribution in [0.2, 0.25) is 0 Å². The zero-order valence-corrected chi connectivity index (χ0v) is 26.3. The lowest BCUT2D eigenvalue weighted by Gasteiger charge is -2.29. The molecule has 2 aromatic heterocycles. The van der Waals surface area contributed by atoms with Gasteiger partial charge in [0.2, 0.25) is 5.88 Å². The van der Waals surface area contributed by atoms with Crippen molar-refractivity contribution in [3.63, 3.8) is 0 Å². The van der Waals surface area contributed by atoms with Crippen molar-refractivity contribution in [1.29, 1.82) is 0 Å². The third kappa shape index (κ3) is 7.87. The molecule has 1 aliphatic carbocycles. The average Bonchev–Trinajstić information content (AvgIpc) is 3.50. The number of phenolic OH excluding ortho intramolecular Hbond substituents is 1. The highest BCUT2D eigenvalue weighted by Gasteiger charge is 2.26. The third-order valence-electron chi connectivity index (χ3n) is 8.24. The van der Waals surface area contributed by atoms with E-state index >= 15 is 0 Å². The van der Waals surface area contributed by atoms with E-state index in [2.05, 4.69) is 25.5 Å². The molecule has 1 saturated heterocycles. The smallest absolute Gasteiger partial charge is 0.270 e. The summed E-state index contributed by atoms with van der Waals surface area (Å²) >= 11 is 1.43. The van der Waals surface area contributed by atoms with Gasteiger partial charge in [-0.1, -0.05) is 24.3 Å². The van der Waals surface area contributed by atoms with E-state index in [4.69, 9.17) is 9.47 Å². The molecular formula is C34H36FN5O5S. The Morgan fingerprint density at radius 1 is 1.04 bits per heavy atom. The summed E-state index contributed by atoms with van der Waals surface area (Å²) in [6.45, 7) is 5.71. The van der Waals surface area contributed by atoms with Gasteiger partial charge in [0.25, 0.3) is 11.8 Å². The van der Waals surface area contributed by atoms with E-state index in [1.807, 2.05) is 25.1 Å². The summed E-state index contributed by atoms with van der Waals surface area (Å²) in [6.07, 6.45) is 3.70. The molecule has 0 spiro atoms. The molecule has 0 radical (unpaired) electrons. The number of amides is 2. The average molecular weight is 646 g/mol. The molecule has 4 aromatic rings. The summed E-state index contributed by atoms with van der Waals surface area (Å²) in [5, 5.41) is 19.4. The van der Waals surface area contributed by atoms with Crippen molar-refractivity contribution in [2.24, 2.45) is 0 Å². The number of aromatic nitrogens is 2. The predicted octanol–water partition coefficient (Wildman–Crippen LogP) is 5.45. The van der Waals surface area contributed by atoms with Crippen LogP contribution in [-0.2, 0) is 11.3 Å². The van der Waals surface area contributed by atoms with Crippen LogP contribution in [0.5, 0.6) is 17.4 Å². The second kappa shape index (κ2) is 14.4. The van der Waals surface area contributed by atoms with Gasteiger partial charge in [-0.05, 0) is 68.0 Å². The zero-order valence-electron chi connectivity index (χ0n) is 25.5. The monoisotopic (exact) mass is 645 g/mol. The number of aryl methyl sites for hydroxylation is 1. The van der Waals surface area contributed by atoms with E-state index in [1.165, 1.54) is 11.3 Å². The normalized spacial score (nSPS) is 18.6. The second-order valence-electron chi connectivity index (χ2n) is 11.6. The Bertz CT molecular complexity index is 1700. The highest BCUT2D eigenvalue weighted by Crippen LogP contribution is 2.34. The molecule has 2 amide bonds. The maximum absolute atomic E-state index is 14.3. The van der Waals surface area contributed by atoms with Crippen molar-refractivity contribution >= 4 is 23.2 Å². The Hall–Kier alpha value is -4.39. The molecule has 2 fully saturated rings. The number of carbonyl (C=O) groups is 2. The number of nitrogens with one attached hydrogen (secondary N) is 2. The number of morpholine rings is 1. The minimum atomic E-state index is -0.656. The molecule has 2 aromatic carbocycles. The topological polar surface area (TPSA) is 126 Å². The number of halogens is 1. The Morgan fingerprint density at radius 3 is 2.48 bits per heavy atom. The first-order valence-corrected chi connectivity index (χ1v) is 16.3. The number of aromatic hydroxyl groups is 1. The van der Waals surface area contributed by atoms with E-state index in [0.29, 0.717) is 55.9 Å². The van der Waals surface area contributed by atoms with Gasteiger partial charge in [0.05, 0.1) is 24.4 Å². The molecule has 0 bridgehead atoms. The number of rotatable bonds is 9. The number of phenols is 1. The van der Waals surface area contributed by atoms with Gasteiger partial charge in [-0.3, -0.25) is 14.5 Å². The summed E-state index contributed by atoms with van der Waals surface area (Å²) in [7, 11) is 0. The highest BCUT2D eigenvalue weighted by molar-refractivity contribution is 7.09. The maximum atomic E-state index is 14.3. The SMILES string of the molecule is Cc1nc(C(=O)N[C@H]2CC[C@@H](NC(=O)c3cc(F)cnc3Oc3cccc(-c4ccc(CN5CCOCC5)cc4O)c3)CC2)cs1. The number of pyridine rings is 1. The van der Waals surface area contributed by atoms with Crippen LogP contribution >= 0.6 is 11.3 Å². The molecule has 1 aliphatic heterocycles. The van der Waals surface area contributed by atoms with Crippen LogP contribution in [-0.4, -0.2) is 70.2 Å².